The zero-order chi connectivity index (χ0) is 23.1. The molecule has 174 valence electrons. The van der Waals surface area contributed by atoms with Crippen LogP contribution in [-0.4, -0.2) is 43.9 Å². The molecule has 12 heteroatoms. The average Bonchev–Trinajstić information content (AvgIpc) is 2.72. The Morgan fingerprint density at radius 2 is 1.31 bits per heavy atom. The molecular formula is C20H22F6N6. The molecule has 0 saturated heterocycles. The summed E-state index contributed by atoms with van der Waals surface area (Å²) in [6, 6.07) is 0.820. The summed E-state index contributed by atoms with van der Waals surface area (Å²) in [4.78, 5) is 17.3. The van der Waals surface area contributed by atoms with Crippen LogP contribution in [0.15, 0.2) is 12.1 Å². The van der Waals surface area contributed by atoms with Crippen LogP contribution in [0.2, 0.25) is 0 Å². The molecule has 0 radical (unpaired) electrons. The number of aromatic nitrogens is 4. The second-order valence-electron chi connectivity index (χ2n) is 8.36. The van der Waals surface area contributed by atoms with E-state index in [2.05, 4.69) is 19.9 Å². The average molecular weight is 460 g/mol. The molecule has 2 aromatic heterocycles. The SMILES string of the molecule is Nc1nc(-c2nc(F)ccc2F)nc(N(C2CCC(F)(F)CC2)C2CCC(F)(F)CC2)n1. The van der Waals surface area contributed by atoms with Gasteiger partial charge in [0.25, 0.3) is 0 Å². The molecule has 0 spiro atoms. The van der Waals surface area contributed by atoms with E-state index in [1.807, 2.05) is 0 Å². The van der Waals surface area contributed by atoms with Gasteiger partial charge in [0.1, 0.15) is 5.69 Å². The summed E-state index contributed by atoms with van der Waals surface area (Å²) in [6.45, 7) is 0. The summed E-state index contributed by atoms with van der Waals surface area (Å²) in [7, 11) is 0. The second-order valence-corrected chi connectivity index (χ2v) is 8.36. The van der Waals surface area contributed by atoms with E-state index in [0.717, 1.165) is 12.1 Å². The minimum Gasteiger partial charge on any atom is -0.368 e. The lowest BCUT2D eigenvalue weighted by Crippen LogP contribution is -2.50. The van der Waals surface area contributed by atoms with Crippen LogP contribution in [0, 0.1) is 11.8 Å². The fraction of sp³-hybridized carbons (Fsp3) is 0.600. The first kappa shape index (κ1) is 22.5. The van der Waals surface area contributed by atoms with Gasteiger partial charge in [-0.25, -0.2) is 26.9 Å². The molecule has 2 aliphatic carbocycles. The maximum absolute atomic E-state index is 14.2. The maximum Gasteiger partial charge on any atom is 0.248 e. The van der Waals surface area contributed by atoms with Crippen LogP contribution >= 0.6 is 0 Å². The molecule has 6 nitrogen and oxygen atoms in total. The molecule has 2 fully saturated rings. The highest BCUT2D eigenvalue weighted by Gasteiger charge is 2.43. The van der Waals surface area contributed by atoms with Crippen molar-refractivity contribution in [2.75, 3.05) is 10.6 Å². The number of nitrogens with two attached hydrogens (primary N) is 1. The molecule has 2 saturated carbocycles. The predicted molar refractivity (Wildman–Crippen MR) is 104 cm³/mol. The molecule has 2 heterocycles. The van der Waals surface area contributed by atoms with E-state index in [0.29, 0.717) is 0 Å². The van der Waals surface area contributed by atoms with Crippen molar-refractivity contribution in [2.24, 2.45) is 0 Å². The number of hydrogen-bond acceptors (Lipinski definition) is 6. The summed E-state index contributed by atoms with van der Waals surface area (Å²) in [5, 5.41) is 0. The van der Waals surface area contributed by atoms with Crippen LogP contribution < -0.4 is 10.6 Å². The highest BCUT2D eigenvalue weighted by molar-refractivity contribution is 5.54. The maximum atomic E-state index is 14.2. The summed E-state index contributed by atoms with van der Waals surface area (Å²) < 4.78 is 82.9. The summed E-state index contributed by atoms with van der Waals surface area (Å²) in [5.74, 6) is -8.09. The first-order chi connectivity index (χ1) is 15.0. The molecule has 0 aromatic carbocycles. The van der Waals surface area contributed by atoms with E-state index >= 15 is 0 Å². The molecule has 0 unspecified atom stereocenters. The lowest BCUT2D eigenvalue weighted by molar-refractivity contribution is -0.0459. The molecule has 2 N–H and O–H groups in total. The van der Waals surface area contributed by atoms with Gasteiger partial charge >= 0.3 is 0 Å². The smallest absolute Gasteiger partial charge is 0.248 e. The Labute approximate surface area is 180 Å². The number of halogens is 6. The van der Waals surface area contributed by atoms with Gasteiger partial charge in [0.05, 0.1) is 0 Å². The van der Waals surface area contributed by atoms with E-state index in [1.165, 1.54) is 0 Å². The third-order valence-corrected chi connectivity index (χ3v) is 6.06. The number of pyridine rings is 1. The number of hydrogen-bond donors (Lipinski definition) is 1. The van der Waals surface area contributed by atoms with Gasteiger partial charge in [0.2, 0.25) is 29.7 Å². The largest absolute Gasteiger partial charge is 0.368 e. The van der Waals surface area contributed by atoms with Gasteiger partial charge < -0.3 is 10.6 Å². The standard InChI is InChI=1S/C20H22F6N6/c21-13-1-2-14(22)28-15(13)16-29-17(27)31-18(30-16)32(11-3-7-19(23,24)8-4-11)12-5-9-20(25,26)10-6-12/h1-2,11-12H,3-10H2,(H2,27,29,30,31). The Morgan fingerprint density at radius 1 is 0.781 bits per heavy atom. The van der Waals surface area contributed by atoms with E-state index in [4.69, 9.17) is 5.73 Å². The number of alkyl halides is 4. The molecule has 0 atom stereocenters. The Bertz CT molecular complexity index is 939. The van der Waals surface area contributed by atoms with Crippen LogP contribution in [0.3, 0.4) is 0 Å². The molecule has 0 bridgehead atoms. The van der Waals surface area contributed by atoms with Crippen molar-refractivity contribution in [3.8, 4) is 11.5 Å². The van der Waals surface area contributed by atoms with Gasteiger partial charge in [0, 0.05) is 37.8 Å². The van der Waals surface area contributed by atoms with Crippen molar-refractivity contribution in [3.05, 3.63) is 23.9 Å². The molecular weight excluding hydrogens is 438 g/mol. The van der Waals surface area contributed by atoms with Crippen molar-refractivity contribution in [3.63, 3.8) is 0 Å². The fourth-order valence-corrected chi connectivity index (χ4v) is 4.41. The summed E-state index contributed by atoms with van der Waals surface area (Å²) >= 11 is 0. The molecule has 0 amide bonds. The van der Waals surface area contributed by atoms with Gasteiger partial charge in [-0.2, -0.15) is 19.3 Å². The van der Waals surface area contributed by atoms with Gasteiger partial charge in [-0.1, -0.05) is 0 Å². The Kier molecular flexibility index (Phi) is 5.89. The lowest BCUT2D eigenvalue weighted by Gasteiger charge is -2.43. The van der Waals surface area contributed by atoms with Gasteiger partial charge in [0.15, 0.2) is 11.6 Å². The number of rotatable bonds is 4. The first-order valence-corrected chi connectivity index (χ1v) is 10.4. The van der Waals surface area contributed by atoms with Crippen molar-refractivity contribution in [1.29, 1.82) is 0 Å². The highest BCUT2D eigenvalue weighted by atomic mass is 19.3. The lowest BCUT2D eigenvalue weighted by atomic mass is 9.86. The third kappa shape index (κ3) is 4.88. The van der Waals surface area contributed by atoms with Crippen LogP contribution in [0.4, 0.5) is 38.2 Å². The topological polar surface area (TPSA) is 80.8 Å². The zero-order valence-electron chi connectivity index (χ0n) is 17.0. The van der Waals surface area contributed by atoms with Crippen LogP contribution in [0.25, 0.3) is 11.5 Å². The van der Waals surface area contributed by atoms with Gasteiger partial charge in [-0.05, 0) is 37.8 Å². The number of nitrogens with zero attached hydrogens (tertiary/aromatic N) is 5. The molecule has 4 rings (SSSR count). The van der Waals surface area contributed by atoms with E-state index < -0.39 is 41.4 Å². The third-order valence-electron chi connectivity index (χ3n) is 6.06. The zero-order valence-corrected chi connectivity index (χ0v) is 17.0. The van der Waals surface area contributed by atoms with Crippen molar-refractivity contribution < 1.29 is 26.3 Å². The molecule has 32 heavy (non-hydrogen) atoms. The van der Waals surface area contributed by atoms with E-state index in [-0.39, 0.29) is 69.1 Å². The van der Waals surface area contributed by atoms with E-state index in [9.17, 15) is 26.3 Å². The Hall–Kier alpha value is -2.66. The quantitative estimate of drug-likeness (QED) is 0.524. The van der Waals surface area contributed by atoms with E-state index in [1.54, 1.807) is 4.90 Å². The second kappa shape index (κ2) is 8.36. The van der Waals surface area contributed by atoms with Gasteiger partial charge in [-0.15, -0.1) is 0 Å². The molecule has 2 aromatic rings. The first-order valence-electron chi connectivity index (χ1n) is 10.4. The van der Waals surface area contributed by atoms with Crippen molar-refractivity contribution >= 4 is 11.9 Å². The molecule has 2 aliphatic rings. The summed E-state index contributed by atoms with van der Waals surface area (Å²) in [5.41, 5.74) is 5.31. The van der Waals surface area contributed by atoms with Crippen molar-refractivity contribution in [1.82, 2.24) is 19.9 Å². The Morgan fingerprint density at radius 3 is 1.84 bits per heavy atom. The predicted octanol–water partition coefficient (Wildman–Crippen LogP) is 4.76. The minimum atomic E-state index is -2.79. The number of nitrogen functional groups attached to an aromatic ring is 1. The summed E-state index contributed by atoms with van der Waals surface area (Å²) in [6.07, 6.45) is -1.01. The van der Waals surface area contributed by atoms with Crippen LogP contribution in [-0.2, 0) is 0 Å². The monoisotopic (exact) mass is 460 g/mol. The van der Waals surface area contributed by atoms with Crippen LogP contribution in [0.1, 0.15) is 51.4 Å². The van der Waals surface area contributed by atoms with Gasteiger partial charge in [-0.3, -0.25) is 0 Å². The number of anilines is 2. The highest BCUT2D eigenvalue weighted by Crippen LogP contribution is 2.41. The minimum absolute atomic E-state index is 0.0385. The van der Waals surface area contributed by atoms with Crippen molar-refractivity contribution in [2.45, 2.75) is 75.3 Å². The Balaban J connectivity index is 1.72. The van der Waals surface area contributed by atoms with Crippen LogP contribution in [0.5, 0.6) is 0 Å². The molecule has 0 aliphatic heterocycles. The normalized spacial score (nSPS) is 21.4. The fourth-order valence-electron chi connectivity index (χ4n) is 4.41.